The van der Waals surface area contributed by atoms with Crippen molar-refractivity contribution >= 4 is 0 Å². The summed E-state index contributed by atoms with van der Waals surface area (Å²) in [5.74, 6) is 0. The molecule has 0 aromatic carbocycles. The molecule has 0 heterocycles. The van der Waals surface area contributed by atoms with Gasteiger partial charge in [-0.25, -0.2) is 0 Å². The Bertz CT molecular complexity index is 74.5. The van der Waals surface area contributed by atoms with Gasteiger partial charge in [0.25, 0.3) is 0 Å². The Labute approximate surface area is 127 Å². The first-order valence-corrected chi connectivity index (χ1v) is 5.07. The molecule has 3 heteroatoms. The standard InChI is InChI=1S/C10H22O2.K.H/c1-3-5-7-11-9-10-12-8-6-4-2;;/h3-10H2,1-2H3;;/q;+1;-1. The smallest absolute Gasteiger partial charge is 1.00 e. The third kappa shape index (κ3) is 16.2. The fourth-order valence-corrected chi connectivity index (χ4v) is 0.815. The number of ether oxygens (including phenoxy) is 2. The van der Waals surface area contributed by atoms with Gasteiger partial charge in [0.05, 0.1) is 13.2 Å². The number of hydrogen-bond acceptors (Lipinski definition) is 2. The molecule has 0 saturated heterocycles. The van der Waals surface area contributed by atoms with Crippen molar-refractivity contribution in [2.24, 2.45) is 0 Å². The fraction of sp³-hybridized carbons (Fsp3) is 1.00. The van der Waals surface area contributed by atoms with Crippen LogP contribution in [-0.4, -0.2) is 26.4 Å². The van der Waals surface area contributed by atoms with E-state index in [1.165, 1.54) is 12.8 Å². The van der Waals surface area contributed by atoms with Gasteiger partial charge in [-0.1, -0.05) is 26.7 Å². The molecule has 0 saturated carbocycles. The average Bonchev–Trinajstić information content (AvgIpc) is 2.10. The average molecular weight is 214 g/mol. The van der Waals surface area contributed by atoms with Gasteiger partial charge >= 0.3 is 51.4 Å². The predicted octanol–water partition coefficient (Wildman–Crippen LogP) is -0.264. The van der Waals surface area contributed by atoms with Crippen molar-refractivity contribution in [2.45, 2.75) is 39.5 Å². The van der Waals surface area contributed by atoms with Gasteiger partial charge in [-0.05, 0) is 12.8 Å². The number of hydrogen-bond donors (Lipinski definition) is 0. The van der Waals surface area contributed by atoms with Crippen molar-refractivity contribution in [2.75, 3.05) is 26.4 Å². The molecule has 2 nitrogen and oxygen atoms in total. The van der Waals surface area contributed by atoms with Crippen molar-refractivity contribution in [3.05, 3.63) is 0 Å². The van der Waals surface area contributed by atoms with Crippen LogP contribution in [0.4, 0.5) is 0 Å². The van der Waals surface area contributed by atoms with E-state index in [4.69, 9.17) is 9.47 Å². The first kappa shape index (κ1) is 17.0. The molecule has 0 fully saturated rings. The molecule has 0 aliphatic heterocycles. The van der Waals surface area contributed by atoms with Gasteiger partial charge in [-0.3, -0.25) is 0 Å². The van der Waals surface area contributed by atoms with E-state index in [1.807, 2.05) is 0 Å². The minimum Gasteiger partial charge on any atom is -1.00 e. The maximum atomic E-state index is 5.33. The van der Waals surface area contributed by atoms with Crippen molar-refractivity contribution in [1.82, 2.24) is 0 Å². The zero-order valence-corrected chi connectivity index (χ0v) is 12.6. The summed E-state index contributed by atoms with van der Waals surface area (Å²) in [7, 11) is 0. The Morgan fingerprint density at radius 2 is 1.15 bits per heavy atom. The number of unbranched alkanes of at least 4 members (excludes halogenated alkanes) is 2. The molecular weight excluding hydrogens is 191 g/mol. The van der Waals surface area contributed by atoms with Gasteiger partial charge in [0.2, 0.25) is 0 Å². The molecule has 0 spiro atoms. The largest absolute Gasteiger partial charge is 1.00 e. The summed E-state index contributed by atoms with van der Waals surface area (Å²) in [5.41, 5.74) is 0. The summed E-state index contributed by atoms with van der Waals surface area (Å²) < 4.78 is 10.7. The topological polar surface area (TPSA) is 18.5 Å². The summed E-state index contributed by atoms with van der Waals surface area (Å²) in [5, 5.41) is 0. The van der Waals surface area contributed by atoms with E-state index in [0.717, 1.165) is 39.3 Å². The van der Waals surface area contributed by atoms with Crippen molar-refractivity contribution < 1.29 is 62.3 Å². The second-order valence-corrected chi connectivity index (χ2v) is 2.93. The van der Waals surface area contributed by atoms with E-state index in [9.17, 15) is 0 Å². The summed E-state index contributed by atoms with van der Waals surface area (Å²) in [6.45, 7) is 7.61. The maximum Gasteiger partial charge on any atom is 1.00 e. The van der Waals surface area contributed by atoms with Gasteiger partial charge in [0.1, 0.15) is 0 Å². The molecule has 76 valence electrons. The number of rotatable bonds is 9. The van der Waals surface area contributed by atoms with Crippen LogP contribution in [0.25, 0.3) is 0 Å². The normalized spacial score (nSPS) is 9.69. The summed E-state index contributed by atoms with van der Waals surface area (Å²) in [6, 6.07) is 0. The molecule has 0 unspecified atom stereocenters. The van der Waals surface area contributed by atoms with Gasteiger partial charge < -0.3 is 10.9 Å². The quantitative estimate of drug-likeness (QED) is 0.389. The van der Waals surface area contributed by atoms with E-state index in [1.54, 1.807) is 0 Å². The van der Waals surface area contributed by atoms with Crippen molar-refractivity contribution in [3.8, 4) is 0 Å². The SMILES string of the molecule is CCCCOCCOCCCC.[H-].[K+]. The molecule has 0 amide bonds. The maximum absolute atomic E-state index is 5.33. The minimum absolute atomic E-state index is 0. The van der Waals surface area contributed by atoms with Crippen molar-refractivity contribution in [3.63, 3.8) is 0 Å². The van der Waals surface area contributed by atoms with Crippen LogP contribution in [0.5, 0.6) is 0 Å². The van der Waals surface area contributed by atoms with Crippen LogP contribution in [0.3, 0.4) is 0 Å². The molecule has 0 atom stereocenters. The Hall–Kier alpha value is 1.56. The van der Waals surface area contributed by atoms with Crippen LogP contribution >= 0.6 is 0 Å². The monoisotopic (exact) mass is 214 g/mol. The summed E-state index contributed by atoms with van der Waals surface area (Å²) >= 11 is 0. The molecule has 0 aliphatic rings. The zero-order chi connectivity index (χ0) is 9.07. The molecule has 0 rings (SSSR count). The van der Waals surface area contributed by atoms with Crippen LogP contribution in [0.2, 0.25) is 0 Å². The van der Waals surface area contributed by atoms with Gasteiger partial charge in [0, 0.05) is 13.2 Å². The summed E-state index contributed by atoms with van der Waals surface area (Å²) in [6.07, 6.45) is 4.73. The minimum atomic E-state index is 0. The van der Waals surface area contributed by atoms with Crippen LogP contribution in [0, 0.1) is 0 Å². The summed E-state index contributed by atoms with van der Waals surface area (Å²) in [4.78, 5) is 0. The zero-order valence-electron chi connectivity index (χ0n) is 10.5. The Balaban J connectivity index is -0.000000605. The van der Waals surface area contributed by atoms with Crippen molar-refractivity contribution in [1.29, 1.82) is 0 Å². The Kier molecular flexibility index (Phi) is 20.9. The van der Waals surface area contributed by atoms with E-state index < -0.39 is 0 Å². The molecule has 0 aliphatic carbocycles. The second kappa shape index (κ2) is 16.0. The third-order valence-corrected chi connectivity index (χ3v) is 1.66. The molecule has 0 bridgehead atoms. The predicted molar refractivity (Wildman–Crippen MR) is 52.6 cm³/mol. The van der Waals surface area contributed by atoms with Gasteiger partial charge in [-0.15, -0.1) is 0 Å². The van der Waals surface area contributed by atoms with E-state index in [2.05, 4.69) is 13.8 Å². The molecule has 0 radical (unpaired) electrons. The first-order chi connectivity index (χ1) is 5.91. The first-order valence-electron chi connectivity index (χ1n) is 5.07. The Morgan fingerprint density at radius 1 is 0.769 bits per heavy atom. The molecular formula is C10H23KO2. The Morgan fingerprint density at radius 3 is 1.46 bits per heavy atom. The van der Waals surface area contributed by atoms with E-state index >= 15 is 0 Å². The van der Waals surface area contributed by atoms with Crippen LogP contribution in [0.15, 0.2) is 0 Å². The fourth-order valence-electron chi connectivity index (χ4n) is 0.815. The van der Waals surface area contributed by atoms with E-state index in [-0.39, 0.29) is 52.8 Å². The van der Waals surface area contributed by atoms with Crippen LogP contribution < -0.4 is 51.4 Å². The molecule has 13 heavy (non-hydrogen) atoms. The van der Waals surface area contributed by atoms with Gasteiger partial charge in [-0.2, -0.15) is 0 Å². The molecule has 0 aromatic rings. The van der Waals surface area contributed by atoms with E-state index in [0.29, 0.717) is 0 Å². The molecule has 0 N–H and O–H groups in total. The molecule has 0 aromatic heterocycles. The second-order valence-electron chi connectivity index (χ2n) is 2.93. The van der Waals surface area contributed by atoms with Gasteiger partial charge in [0.15, 0.2) is 0 Å². The third-order valence-electron chi connectivity index (χ3n) is 1.66. The van der Waals surface area contributed by atoms with Crippen LogP contribution in [-0.2, 0) is 9.47 Å². The van der Waals surface area contributed by atoms with Crippen LogP contribution in [0.1, 0.15) is 41.0 Å².